The van der Waals surface area contributed by atoms with E-state index in [1.165, 1.54) is 71.5 Å². The molecule has 0 nitrogen and oxygen atoms in total. The first-order valence-corrected chi connectivity index (χ1v) is 17.7. The first-order chi connectivity index (χ1) is 23.8. The van der Waals surface area contributed by atoms with Crippen LogP contribution in [0.5, 0.6) is 0 Å². The van der Waals surface area contributed by atoms with Crippen molar-refractivity contribution in [3.63, 3.8) is 0 Å². The quantitative estimate of drug-likeness (QED) is 0.219. The van der Waals surface area contributed by atoms with Gasteiger partial charge in [-0.15, -0.1) is 0 Å². The third-order valence-corrected chi connectivity index (χ3v) is 11.9. The Labute approximate surface area is 282 Å². The van der Waals surface area contributed by atoms with E-state index in [1.54, 1.807) is 0 Å². The zero-order chi connectivity index (χ0) is 31.6. The van der Waals surface area contributed by atoms with Crippen LogP contribution in [0.4, 0.5) is 0 Å². The zero-order valence-corrected chi connectivity index (χ0v) is 27.0. The van der Waals surface area contributed by atoms with Crippen LogP contribution in [0, 0.1) is 35.5 Å². The molecular weight excluding hydrogens is 577 g/mol. The van der Waals surface area contributed by atoms with Gasteiger partial charge in [0.05, 0.1) is 0 Å². The highest BCUT2D eigenvalue weighted by molar-refractivity contribution is 5.96. The fourth-order valence-corrected chi connectivity index (χ4v) is 9.73. The van der Waals surface area contributed by atoms with Crippen molar-refractivity contribution in [2.24, 2.45) is 35.5 Å². The topological polar surface area (TPSA) is 0 Å². The monoisotopic (exact) mass is 614 g/mol. The van der Waals surface area contributed by atoms with E-state index in [0.717, 1.165) is 6.42 Å². The molecule has 6 unspecified atom stereocenters. The van der Waals surface area contributed by atoms with Crippen LogP contribution in [0.1, 0.15) is 18.4 Å². The van der Waals surface area contributed by atoms with Gasteiger partial charge in [0.15, 0.2) is 0 Å². The molecule has 0 aliphatic heterocycles. The minimum Gasteiger partial charge on any atom is -0.0805 e. The number of hydrogen-bond donors (Lipinski definition) is 0. The van der Waals surface area contributed by atoms with Gasteiger partial charge in [-0.1, -0.05) is 170 Å². The van der Waals surface area contributed by atoms with Crippen LogP contribution in [-0.2, 0) is 0 Å². The van der Waals surface area contributed by atoms with Crippen molar-refractivity contribution >= 4 is 33.6 Å². The molecule has 6 aliphatic rings. The van der Waals surface area contributed by atoms with Crippen molar-refractivity contribution in [2.75, 3.05) is 0 Å². The van der Waals surface area contributed by atoms with Crippen molar-refractivity contribution in [2.45, 2.75) is 12.8 Å². The summed E-state index contributed by atoms with van der Waals surface area (Å²) >= 11 is 0. The maximum absolute atomic E-state index is 2.58. The number of hydrogen-bond acceptors (Lipinski definition) is 0. The molecule has 0 heterocycles. The molecule has 0 spiro atoms. The van der Waals surface area contributed by atoms with E-state index in [2.05, 4.69) is 170 Å². The summed E-state index contributed by atoms with van der Waals surface area (Å²) in [6.45, 7) is 0. The number of rotatable bonds is 3. The van der Waals surface area contributed by atoms with Crippen LogP contribution in [-0.4, -0.2) is 0 Å². The van der Waals surface area contributed by atoms with Gasteiger partial charge in [-0.2, -0.15) is 0 Å². The molecule has 6 aliphatic carbocycles. The van der Waals surface area contributed by atoms with Crippen LogP contribution in [0.25, 0.3) is 33.6 Å². The van der Waals surface area contributed by atoms with E-state index in [1.807, 2.05) is 0 Å². The van der Waals surface area contributed by atoms with Gasteiger partial charge in [0.1, 0.15) is 0 Å². The predicted molar refractivity (Wildman–Crippen MR) is 201 cm³/mol. The molecule has 4 aromatic carbocycles. The minimum atomic E-state index is 0.299. The summed E-state index contributed by atoms with van der Waals surface area (Å²) in [5.41, 5.74) is 8.84. The molecule has 4 aromatic rings. The van der Waals surface area contributed by atoms with Gasteiger partial charge in [0.2, 0.25) is 0 Å². The lowest BCUT2D eigenvalue weighted by Crippen LogP contribution is -2.41. The van der Waals surface area contributed by atoms with Gasteiger partial charge in [-0.3, -0.25) is 0 Å². The van der Waals surface area contributed by atoms with E-state index in [-0.39, 0.29) is 0 Å². The van der Waals surface area contributed by atoms with E-state index in [4.69, 9.17) is 0 Å². The molecule has 0 fully saturated rings. The maximum atomic E-state index is 2.58. The Bertz CT molecular complexity index is 2480. The maximum Gasteiger partial charge on any atom is 0.0137 e. The van der Waals surface area contributed by atoms with Crippen molar-refractivity contribution in [3.8, 4) is 0 Å². The standard InChI is InChI=1S/C48H38/c1-3-15-37-32(12-1)14-11-23-41(37)48-44-21-9-7-19-42(44)47(43-20-8-10-22-45(43)48)35-27-25-31-24-26-34(28-36(31)29-35)46-30-33-13-2-4-16-38(33)39-17-5-6-18-40(39)46/h1-27,30,34,36,40,42,44,46H,28-29H2. The lowest BCUT2D eigenvalue weighted by molar-refractivity contribution is 0.358. The second kappa shape index (κ2) is 11.2. The molecule has 0 amide bonds. The molecule has 0 saturated heterocycles. The van der Waals surface area contributed by atoms with Crippen LogP contribution in [0.15, 0.2) is 175 Å². The van der Waals surface area contributed by atoms with Gasteiger partial charge >= 0.3 is 0 Å². The Morgan fingerprint density at radius 1 is 0.542 bits per heavy atom. The van der Waals surface area contributed by atoms with Gasteiger partial charge in [-0.05, 0) is 95.7 Å². The normalized spacial score (nSPS) is 27.7. The van der Waals surface area contributed by atoms with Gasteiger partial charge in [0.25, 0.3) is 0 Å². The number of fused-ring (bicyclic) bond motifs is 6. The van der Waals surface area contributed by atoms with Crippen LogP contribution in [0.3, 0.4) is 0 Å². The number of benzene rings is 4. The van der Waals surface area contributed by atoms with Crippen molar-refractivity contribution in [3.05, 3.63) is 201 Å². The van der Waals surface area contributed by atoms with E-state index < -0.39 is 0 Å². The van der Waals surface area contributed by atoms with Crippen LogP contribution < -0.4 is 20.9 Å². The second-order valence-corrected chi connectivity index (χ2v) is 14.3. The van der Waals surface area contributed by atoms with Crippen LogP contribution >= 0.6 is 0 Å². The molecule has 0 aromatic heterocycles. The average Bonchev–Trinajstić information content (AvgIpc) is 3.16. The molecule has 230 valence electrons. The van der Waals surface area contributed by atoms with Crippen molar-refractivity contribution < 1.29 is 0 Å². The summed E-state index contributed by atoms with van der Waals surface area (Å²) in [6.07, 6.45) is 33.5. The smallest absolute Gasteiger partial charge is 0.0137 e. The molecule has 0 saturated carbocycles. The summed E-state index contributed by atoms with van der Waals surface area (Å²) in [4.78, 5) is 0. The summed E-state index contributed by atoms with van der Waals surface area (Å²) in [5, 5.41) is 8.23. The summed E-state index contributed by atoms with van der Waals surface area (Å²) < 4.78 is 0. The third kappa shape index (κ3) is 4.36. The van der Waals surface area contributed by atoms with E-state index in [9.17, 15) is 0 Å². The molecule has 10 rings (SSSR count). The van der Waals surface area contributed by atoms with Crippen molar-refractivity contribution in [1.29, 1.82) is 0 Å². The molecule has 0 heteroatoms. The molecule has 6 atom stereocenters. The van der Waals surface area contributed by atoms with Crippen LogP contribution in [0.2, 0.25) is 0 Å². The average molecular weight is 615 g/mol. The molecule has 0 bridgehead atoms. The Balaban J connectivity index is 1.07. The molecule has 48 heavy (non-hydrogen) atoms. The van der Waals surface area contributed by atoms with E-state index >= 15 is 0 Å². The predicted octanol–water partition coefficient (Wildman–Crippen LogP) is 8.01. The van der Waals surface area contributed by atoms with Gasteiger partial charge in [-0.25, -0.2) is 0 Å². The second-order valence-electron chi connectivity index (χ2n) is 14.3. The largest absolute Gasteiger partial charge is 0.0805 e. The molecule has 0 N–H and O–H groups in total. The highest BCUT2D eigenvalue weighted by Crippen LogP contribution is 2.48. The zero-order valence-electron chi connectivity index (χ0n) is 27.0. The summed E-state index contributed by atoms with van der Waals surface area (Å²) in [6, 6.07) is 33.9. The third-order valence-electron chi connectivity index (χ3n) is 11.9. The lowest BCUT2D eigenvalue weighted by atomic mass is 9.64. The fourth-order valence-electron chi connectivity index (χ4n) is 9.73. The minimum absolute atomic E-state index is 0.299. The molecule has 0 radical (unpaired) electrons. The molecular formula is C48H38. The van der Waals surface area contributed by atoms with Crippen molar-refractivity contribution in [1.82, 2.24) is 0 Å². The van der Waals surface area contributed by atoms with Gasteiger partial charge in [0, 0.05) is 17.8 Å². The van der Waals surface area contributed by atoms with Gasteiger partial charge < -0.3 is 0 Å². The first kappa shape index (κ1) is 27.9. The Kier molecular flexibility index (Phi) is 6.51. The lowest BCUT2D eigenvalue weighted by Gasteiger charge is -2.39. The Morgan fingerprint density at radius 2 is 1.25 bits per heavy atom. The highest BCUT2D eigenvalue weighted by Gasteiger charge is 2.37. The fraction of sp³-hybridized carbons (Fsp3) is 0.167. The summed E-state index contributed by atoms with van der Waals surface area (Å²) in [7, 11) is 0. The highest BCUT2D eigenvalue weighted by atomic mass is 14.4. The Hall–Kier alpha value is -5.20. The first-order valence-electron chi connectivity index (χ1n) is 17.7. The number of allylic oxidation sites excluding steroid dienone is 14. The Morgan fingerprint density at radius 3 is 2.15 bits per heavy atom. The van der Waals surface area contributed by atoms with E-state index in [0.29, 0.717) is 35.5 Å². The SMILES string of the molecule is C1=CC2=c3ccccc3=CC(C3C=CC4=CC=C(C5=c6ccccc6=C(c6cccc7ccccc67)C6C=CC=CC56)CC4C3)C2C=C1. The summed E-state index contributed by atoms with van der Waals surface area (Å²) in [5.74, 6) is 2.56.